The van der Waals surface area contributed by atoms with Gasteiger partial charge in [0, 0.05) is 38.8 Å². The first-order valence-electron chi connectivity index (χ1n) is 7.46. The molecule has 1 aliphatic heterocycles. The summed E-state index contributed by atoms with van der Waals surface area (Å²) in [6, 6.07) is 2.02. The largest absolute Gasteiger partial charge is 0.344 e. The van der Waals surface area contributed by atoms with Gasteiger partial charge in [0.15, 0.2) is 0 Å². The minimum absolute atomic E-state index is 0.0563. The van der Waals surface area contributed by atoms with Crippen molar-refractivity contribution in [3.05, 3.63) is 17.5 Å². The van der Waals surface area contributed by atoms with Crippen molar-refractivity contribution in [2.75, 3.05) is 26.7 Å². The van der Waals surface area contributed by atoms with Crippen LogP contribution >= 0.6 is 0 Å². The Kier molecular flexibility index (Phi) is 4.65. The van der Waals surface area contributed by atoms with E-state index in [2.05, 4.69) is 5.10 Å². The summed E-state index contributed by atoms with van der Waals surface area (Å²) in [5, 5.41) is 4.39. The van der Waals surface area contributed by atoms with Crippen LogP contribution in [-0.4, -0.2) is 58.1 Å². The van der Waals surface area contributed by atoms with E-state index in [1.165, 1.54) is 0 Å². The van der Waals surface area contributed by atoms with Crippen LogP contribution in [0.25, 0.3) is 0 Å². The highest BCUT2D eigenvalue weighted by atomic mass is 16.2. The number of aromatic nitrogens is 2. The fourth-order valence-corrected chi connectivity index (χ4v) is 2.81. The molecule has 6 nitrogen and oxygen atoms in total. The number of likely N-dealkylation sites (tertiary alicyclic amines) is 1. The van der Waals surface area contributed by atoms with E-state index in [1.807, 2.05) is 31.5 Å². The third-order valence-electron chi connectivity index (χ3n) is 4.07. The Bertz CT molecular complexity index is 538. The van der Waals surface area contributed by atoms with Crippen LogP contribution in [0.5, 0.6) is 0 Å². The van der Waals surface area contributed by atoms with Gasteiger partial charge in [-0.3, -0.25) is 14.3 Å². The van der Waals surface area contributed by atoms with Gasteiger partial charge in [0.25, 0.3) is 0 Å². The minimum Gasteiger partial charge on any atom is -0.344 e. The van der Waals surface area contributed by atoms with Gasteiger partial charge in [0.05, 0.1) is 18.2 Å². The van der Waals surface area contributed by atoms with Gasteiger partial charge in [-0.05, 0) is 26.8 Å². The summed E-state index contributed by atoms with van der Waals surface area (Å²) in [6.45, 7) is 8.43. The zero-order valence-corrected chi connectivity index (χ0v) is 13.3. The molecule has 2 rings (SSSR count). The third kappa shape index (κ3) is 3.43. The molecule has 21 heavy (non-hydrogen) atoms. The number of carbonyl (C=O) groups excluding carboxylic acids is 2. The topological polar surface area (TPSA) is 58.4 Å². The smallest absolute Gasteiger partial charge is 0.227 e. The second-order valence-electron chi connectivity index (χ2n) is 5.74. The van der Waals surface area contributed by atoms with Crippen LogP contribution < -0.4 is 0 Å². The van der Waals surface area contributed by atoms with Gasteiger partial charge in [-0.25, -0.2) is 0 Å². The zero-order chi connectivity index (χ0) is 15.6. The molecule has 1 aromatic rings. The molecule has 0 aliphatic carbocycles. The van der Waals surface area contributed by atoms with E-state index < -0.39 is 0 Å². The van der Waals surface area contributed by atoms with Gasteiger partial charge < -0.3 is 9.80 Å². The summed E-state index contributed by atoms with van der Waals surface area (Å²) in [7, 11) is 1.80. The van der Waals surface area contributed by atoms with Crippen LogP contribution in [0.15, 0.2) is 6.07 Å². The molecule has 0 bridgehead atoms. The fraction of sp³-hybridized carbons (Fsp3) is 0.667. The summed E-state index contributed by atoms with van der Waals surface area (Å²) in [6.07, 6.45) is 0.344. The number of amides is 2. The van der Waals surface area contributed by atoms with Crippen molar-refractivity contribution in [2.24, 2.45) is 5.92 Å². The van der Waals surface area contributed by atoms with Gasteiger partial charge >= 0.3 is 0 Å². The molecule has 0 spiro atoms. The molecule has 1 aliphatic rings. The van der Waals surface area contributed by atoms with E-state index in [-0.39, 0.29) is 17.7 Å². The van der Waals surface area contributed by atoms with Gasteiger partial charge in [-0.2, -0.15) is 5.10 Å². The fourth-order valence-electron chi connectivity index (χ4n) is 2.81. The lowest BCUT2D eigenvalue weighted by Gasteiger charge is -2.21. The second kappa shape index (κ2) is 6.28. The summed E-state index contributed by atoms with van der Waals surface area (Å²) in [5.41, 5.74) is 2.09. The zero-order valence-electron chi connectivity index (χ0n) is 13.3. The normalized spacial score (nSPS) is 18.4. The quantitative estimate of drug-likeness (QED) is 0.807. The number of nitrogens with zero attached hydrogens (tertiary/aromatic N) is 4. The maximum Gasteiger partial charge on any atom is 0.227 e. The minimum atomic E-state index is -0.192. The molecule has 0 radical (unpaired) electrons. The van der Waals surface area contributed by atoms with E-state index in [0.29, 0.717) is 32.6 Å². The molecule has 0 saturated carbocycles. The first-order valence-corrected chi connectivity index (χ1v) is 7.46. The van der Waals surface area contributed by atoms with Crippen LogP contribution in [0.4, 0.5) is 0 Å². The molecule has 1 unspecified atom stereocenters. The van der Waals surface area contributed by atoms with Crippen LogP contribution in [0.1, 0.15) is 24.7 Å². The van der Waals surface area contributed by atoms with Crippen molar-refractivity contribution >= 4 is 11.8 Å². The van der Waals surface area contributed by atoms with Crippen LogP contribution in [0.3, 0.4) is 0 Å². The Labute approximate surface area is 125 Å². The Balaban J connectivity index is 1.88. The summed E-state index contributed by atoms with van der Waals surface area (Å²) in [4.78, 5) is 27.6. The molecular formula is C15H24N4O2. The molecule has 0 aromatic carbocycles. The molecule has 6 heteroatoms. The monoisotopic (exact) mass is 292 g/mol. The van der Waals surface area contributed by atoms with Crippen molar-refractivity contribution in [1.82, 2.24) is 19.6 Å². The van der Waals surface area contributed by atoms with Gasteiger partial charge in [0.2, 0.25) is 11.8 Å². The predicted molar refractivity (Wildman–Crippen MR) is 79.7 cm³/mol. The second-order valence-corrected chi connectivity index (χ2v) is 5.74. The van der Waals surface area contributed by atoms with E-state index in [9.17, 15) is 9.59 Å². The van der Waals surface area contributed by atoms with Crippen LogP contribution in [0.2, 0.25) is 0 Å². The maximum absolute atomic E-state index is 12.4. The highest BCUT2D eigenvalue weighted by Crippen LogP contribution is 2.19. The Morgan fingerprint density at radius 2 is 2.19 bits per heavy atom. The van der Waals surface area contributed by atoms with Crippen molar-refractivity contribution < 1.29 is 9.59 Å². The molecule has 2 amide bonds. The summed E-state index contributed by atoms with van der Waals surface area (Å²) >= 11 is 0. The number of likely N-dealkylation sites (N-methyl/N-ethyl adjacent to an activating group) is 1. The molecule has 2 heterocycles. The molecule has 1 aromatic heterocycles. The van der Waals surface area contributed by atoms with E-state index >= 15 is 0 Å². The first kappa shape index (κ1) is 15.5. The third-order valence-corrected chi connectivity index (χ3v) is 4.07. The molecule has 1 atom stereocenters. The average molecular weight is 292 g/mol. The van der Waals surface area contributed by atoms with Gasteiger partial charge in [-0.1, -0.05) is 0 Å². The Morgan fingerprint density at radius 1 is 1.48 bits per heavy atom. The number of hydrogen-bond donors (Lipinski definition) is 0. The van der Waals surface area contributed by atoms with E-state index in [0.717, 1.165) is 11.4 Å². The van der Waals surface area contributed by atoms with Gasteiger partial charge in [0.1, 0.15) is 0 Å². The lowest BCUT2D eigenvalue weighted by atomic mass is 10.1. The SMILES string of the molecule is CCN1CC(C(=O)N(C)CCn2nc(C)cc2C)CC1=O. The molecule has 1 fully saturated rings. The van der Waals surface area contributed by atoms with Crippen LogP contribution in [-0.2, 0) is 16.1 Å². The number of carbonyl (C=O) groups is 2. The highest BCUT2D eigenvalue weighted by Gasteiger charge is 2.34. The molecule has 1 saturated heterocycles. The summed E-state index contributed by atoms with van der Waals surface area (Å²) < 4.78 is 1.91. The molecule has 116 valence electrons. The van der Waals surface area contributed by atoms with E-state index in [4.69, 9.17) is 0 Å². The maximum atomic E-state index is 12.4. The highest BCUT2D eigenvalue weighted by molar-refractivity contribution is 5.89. The molecular weight excluding hydrogens is 268 g/mol. The number of hydrogen-bond acceptors (Lipinski definition) is 3. The van der Waals surface area contributed by atoms with Crippen molar-refractivity contribution in [2.45, 2.75) is 33.7 Å². The van der Waals surface area contributed by atoms with E-state index in [1.54, 1.807) is 16.8 Å². The molecule has 0 N–H and O–H groups in total. The van der Waals surface area contributed by atoms with Crippen molar-refractivity contribution in [3.63, 3.8) is 0 Å². The van der Waals surface area contributed by atoms with Crippen molar-refractivity contribution in [1.29, 1.82) is 0 Å². The number of rotatable bonds is 5. The Hall–Kier alpha value is -1.85. The van der Waals surface area contributed by atoms with Crippen LogP contribution in [0, 0.1) is 19.8 Å². The number of aryl methyl sites for hydroxylation is 2. The summed E-state index contributed by atoms with van der Waals surface area (Å²) in [5.74, 6) is -0.0495. The standard InChI is InChI=1S/C15H24N4O2/c1-5-18-10-13(9-14(18)20)15(21)17(4)6-7-19-12(3)8-11(2)16-19/h8,13H,5-7,9-10H2,1-4H3. The predicted octanol–water partition coefficient (Wildman–Crippen LogP) is 0.827. The first-order chi connectivity index (χ1) is 9.92. The Morgan fingerprint density at radius 3 is 2.71 bits per heavy atom. The average Bonchev–Trinajstić information content (AvgIpc) is 2.97. The van der Waals surface area contributed by atoms with Crippen molar-refractivity contribution in [3.8, 4) is 0 Å². The lowest BCUT2D eigenvalue weighted by Crippen LogP contribution is -2.36. The lowest BCUT2D eigenvalue weighted by molar-refractivity contribution is -0.134. The van der Waals surface area contributed by atoms with Gasteiger partial charge in [-0.15, -0.1) is 0 Å².